The van der Waals surface area contributed by atoms with E-state index in [4.69, 9.17) is 17.3 Å². The summed E-state index contributed by atoms with van der Waals surface area (Å²) in [7, 11) is 1.50. The molecule has 1 aliphatic rings. The van der Waals surface area contributed by atoms with Crippen molar-refractivity contribution in [2.45, 2.75) is 26.4 Å². The van der Waals surface area contributed by atoms with Crippen LogP contribution >= 0.6 is 11.6 Å². The summed E-state index contributed by atoms with van der Waals surface area (Å²) in [6, 6.07) is 4.11. The van der Waals surface area contributed by atoms with Crippen molar-refractivity contribution in [1.82, 2.24) is 24.0 Å². The number of carbonyl (C=O) groups excluding carboxylic acids is 2. The Labute approximate surface area is 245 Å². The Hall–Kier alpha value is -4.49. The lowest BCUT2D eigenvalue weighted by atomic mass is 10.0. The van der Waals surface area contributed by atoms with Gasteiger partial charge in [0.05, 0.1) is 34.2 Å². The van der Waals surface area contributed by atoms with E-state index in [9.17, 15) is 23.9 Å². The SMILES string of the molecule is CCN1CCN(c2cc(NC(=O)Cn3cc(-c4cc(F)c(O)c(C(N)=O)c4)c4c(=O)n(C)cnc43)c(Cl)cn2)[C@@H](C)C1. The van der Waals surface area contributed by atoms with Crippen LogP contribution < -0.4 is 21.5 Å². The number of aromatic hydroxyl groups is 1. The molecule has 0 spiro atoms. The van der Waals surface area contributed by atoms with Crippen molar-refractivity contribution in [3.8, 4) is 16.9 Å². The van der Waals surface area contributed by atoms with Gasteiger partial charge < -0.3 is 30.2 Å². The number of pyridine rings is 1. The normalized spacial score (nSPS) is 15.7. The Bertz CT molecular complexity index is 1770. The first kappa shape index (κ1) is 29.0. The number of anilines is 2. The van der Waals surface area contributed by atoms with Crippen LogP contribution in [0.4, 0.5) is 15.9 Å². The van der Waals surface area contributed by atoms with Crippen molar-refractivity contribution in [1.29, 1.82) is 0 Å². The van der Waals surface area contributed by atoms with Gasteiger partial charge in [0.2, 0.25) is 5.91 Å². The quantitative estimate of drug-likeness (QED) is 0.294. The van der Waals surface area contributed by atoms with E-state index in [0.717, 1.165) is 32.2 Å². The number of rotatable bonds is 7. The first-order valence-electron chi connectivity index (χ1n) is 13.3. The summed E-state index contributed by atoms with van der Waals surface area (Å²) in [5, 5.41) is 13.1. The van der Waals surface area contributed by atoms with Gasteiger partial charge in [-0.05, 0) is 31.2 Å². The molecule has 14 heteroatoms. The van der Waals surface area contributed by atoms with Crippen molar-refractivity contribution in [3.63, 3.8) is 0 Å². The van der Waals surface area contributed by atoms with E-state index in [2.05, 4.69) is 38.9 Å². The molecule has 220 valence electrons. The fourth-order valence-electron chi connectivity index (χ4n) is 5.23. The number of nitrogens with zero attached hydrogens (tertiary/aromatic N) is 6. The third-order valence-corrected chi connectivity index (χ3v) is 7.76. The van der Waals surface area contributed by atoms with Gasteiger partial charge in [0, 0.05) is 50.6 Å². The highest BCUT2D eigenvalue weighted by molar-refractivity contribution is 6.33. The van der Waals surface area contributed by atoms with Crippen molar-refractivity contribution in [2.75, 3.05) is 36.4 Å². The summed E-state index contributed by atoms with van der Waals surface area (Å²) in [4.78, 5) is 51.5. The Morgan fingerprint density at radius 2 is 2.00 bits per heavy atom. The zero-order chi connectivity index (χ0) is 30.3. The number of nitrogens with one attached hydrogen (secondary N) is 1. The van der Waals surface area contributed by atoms with Crippen LogP contribution in [-0.4, -0.2) is 73.1 Å². The second-order valence-electron chi connectivity index (χ2n) is 10.3. The lowest BCUT2D eigenvalue weighted by Gasteiger charge is -2.40. The van der Waals surface area contributed by atoms with Crippen LogP contribution in [0.5, 0.6) is 5.75 Å². The monoisotopic (exact) mass is 596 g/mol. The van der Waals surface area contributed by atoms with E-state index in [1.165, 1.54) is 41.0 Å². The molecule has 1 saturated heterocycles. The number of aromatic nitrogens is 4. The predicted octanol–water partition coefficient (Wildman–Crippen LogP) is 2.56. The number of fused-ring (bicyclic) bond motifs is 1. The zero-order valence-electron chi connectivity index (χ0n) is 23.3. The largest absolute Gasteiger partial charge is 0.504 e. The second kappa shape index (κ2) is 11.4. The Kier molecular flexibility index (Phi) is 7.89. The molecule has 4 heterocycles. The molecule has 1 fully saturated rings. The number of likely N-dealkylation sites (N-methyl/N-ethyl adjacent to an activating group) is 1. The van der Waals surface area contributed by atoms with Gasteiger partial charge in [0.15, 0.2) is 11.6 Å². The van der Waals surface area contributed by atoms with Gasteiger partial charge >= 0.3 is 0 Å². The molecule has 1 atom stereocenters. The third kappa shape index (κ3) is 5.40. The minimum absolute atomic E-state index is 0.0951. The van der Waals surface area contributed by atoms with Gasteiger partial charge in [-0.2, -0.15) is 0 Å². The smallest absolute Gasteiger partial charge is 0.263 e. The summed E-state index contributed by atoms with van der Waals surface area (Å²) in [6.45, 7) is 7.53. The first-order chi connectivity index (χ1) is 20.0. The van der Waals surface area contributed by atoms with Crippen molar-refractivity contribution >= 4 is 46.0 Å². The van der Waals surface area contributed by atoms with Crippen LogP contribution in [0.3, 0.4) is 0 Å². The van der Waals surface area contributed by atoms with Crippen LogP contribution in [0.25, 0.3) is 22.2 Å². The molecule has 0 radical (unpaired) electrons. The van der Waals surface area contributed by atoms with E-state index in [1.54, 1.807) is 6.07 Å². The summed E-state index contributed by atoms with van der Waals surface area (Å²) in [5.41, 5.74) is 5.26. The number of carbonyl (C=O) groups is 2. The maximum absolute atomic E-state index is 14.5. The first-order valence-corrected chi connectivity index (χ1v) is 13.7. The topological polar surface area (TPSA) is 152 Å². The van der Waals surface area contributed by atoms with Crippen LogP contribution in [-0.2, 0) is 18.4 Å². The number of halogens is 2. The van der Waals surface area contributed by atoms with E-state index in [-0.39, 0.29) is 39.8 Å². The third-order valence-electron chi connectivity index (χ3n) is 7.46. The van der Waals surface area contributed by atoms with Gasteiger partial charge in [-0.15, -0.1) is 0 Å². The molecule has 5 rings (SSSR count). The highest BCUT2D eigenvalue weighted by Gasteiger charge is 2.25. The number of nitrogens with two attached hydrogens (primary N) is 1. The molecule has 1 aliphatic heterocycles. The highest BCUT2D eigenvalue weighted by Crippen LogP contribution is 2.33. The molecule has 12 nitrogen and oxygen atoms in total. The highest BCUT2D eigenvalue weighted by atomic mass is 35.5. The van der Waals surface area contributed by atoms with E-state index < -0.39 is 34.5 Å². The van der Waals surface area contributed by atoms with Crippen LogP contribution in [0.2, 0.25) is 5.02 Å². The van der Waals surface area contributed by atoms with E-state index in [1.807, 2.05) is 0 Å². The summed E-state index contributed by atoms with van der Waals surface area (Å²) in [6.07, 6.45) is 4.26. The number of primary amides is 1. The average molecular weight is 597 g/mol. The zero-order valence-corrected chi connectivity index (χ0v) is 24.0. The molecule has 0 bridgehead atoms. The number of hydrogen-bond donors (Lipinski definition) is 3. The molecule has 0 aliphatic carbocycles. The van der Waals surface area contributed by atoms with Crippen LogP contribution in [0, 0.1) is 5.82 Å². The molecule has 4 N–H and O–H groups in total. The predicted molar refractivity (Wildman–Crippen MR) is 157 cm³/mol. The lowest BCUT2D eigenvalue weighted by molar-refractivity contribution is -0.116. The fourth-order valence-corrected chi connectivity index (χ4v) is 5.38. The lowest BCUT2D eigenvalue weighted by Crippen LogP contribution is -2.52. The Morgan fingerprint density at radius 1 is 1.24 bits per heavy atom. The molecule has 4 aromatic rings. The second-order valence-corrected chi connectivity index (χ2v) is 10.7. The molecule has 42 heavy (non-hydrogen) atoms. The van der Waals surface area contributed by atoms with Crippen molar-refractivity contribution in [2.24, 2.45) is 12.8 Å². The van der Waals surface area contributed by atoms with E-state index in [0.29, 0.717) is 11.5 Å². The standard InChI is InChI=1S/C28H30ClFN8O4/c1-4-36-5-6-38(15(2)11-36)22-9-21(19(29)10-32-22)34-23(39)13-37-12-18(24-27(37)33-14-35(3)28(24)42)16-7-17(26(31)41)25(40)20(30)8-16/h7-10,12,14-15,40H,4-6,11,13H2,1-3H3,(H2,31,41)(H,32,34,39)/t15-/m0/s1. The number of hydrogen-bond acceptors (Lipinski definition) is 8. The van der Waals surface area contributed by atoms with Crippen LogP contribution in [0.15, 0.2) is 41.7 Å². The van der Waals surface area contributed by atoms with Gasteiger partial charge in [0.1, 0.15) is 18.0 Å². The fraction of sp³-hybridized carbons (Fsp3) is 0.321. The minimum Gasteiger partial charge on any atom is -0.504 e. The molecule has 0 unspecified atom stereocenters. The summed E-state index contributed by atoms with van der Waals surface area (Å²) < 4.78 is 17.2. The van der Waals surface area contributed by atoms with Gasteiger partial charge in [-0.1, -0.05) is 18.5 Å². The van der Waals surface area contributed by atoms with Gasteiger partial charge in [-0.3, -0.25) is 19.3 Å². The van der Waals surface area contributed by atoms with Crippen molar-refractivity contribution < 1.29 is 19.1 Å². The van der Waals surface area contributed by atoms with E-state index >= 15 is 0 Å². The van der Waals surface area contributed by atoms with Crippen LogP contribution in [0.1, 0.15) is 24.2 Å². The van der Waals surface area contributed by atoms with Gasteiger partial charge in [0.25, 0.3) is 11.5 Å². The maximum Gasteiger partial charge on any atom is 0.263 e. The summed E-state index contributed by atoms with van der Waals surface area (Å²) >= 11 is 6.39. The molecular weight excluding hydrogens is 567 g/mol. The molecule has 1 aromatic carbocycles. The average Bonchev–Trinajstić information content (AvgIpc) is 3.31. The maximum atomic E-state index is 14.5. The number of amides is 2. The number of phenols is 1. The molecule has 2 amide bonds. The van der Waals surface area contributed by atoms with Gasteiger partial charge in [-0.25, -0.2) is 14.4 Å². The Balaban J connectivity index is 1.47. The number of aryl methyl sites for hydroxylation is 1. The number of piperazine rings is 1. The number of benzene rings is 1. The minimum atomic E-state index is -1.09. The molecule has 0 saturated carbocycles. The molecule has 3 aromatic heterocycles. The Morgan fingerprint density at radius 3 is 2.69 bits per heavy atom. The summed E-state index contributed by atoms with van der Waals surface area (Å²) in [5.74, 6) is -2.79. The van der Waals surface area contributed by atoms with Crippen molar-refractivity contribution in [3.05, 3.63) is 63.7 Å². The molecular formula is C28H30ClFN8O4.